The SMILES string of the molecule is COc1ccc(CS(=O)CCC(=O)O)cc1[N+](=O)[O-]. The van der Waals surface area contributed by atoms with Crippen LogP contribution in [0.25, 0.3) is 0 Å². The lowest BCUT2D eigenvalue weighted by Gasteiger charge is -2.05. The number of nitrogens with zero attached hydrogens (tertiary/aromatic N) is 1. The van der Waals surface area contributed by atoms with E-state index in [4.69, 9.17) is 9.84 Å². The van der Waals surface area contributed by atoms with Crippen LogP contribution in [0.4, 0.5) is 5.69 Å². The Balaban J connectivity index is 2.79. The minimum absolute atomic E-state index is 0.0230. The van der Waals surface area contributed by atoms with Gasteiger partial charge in [0.25, 0.3) is 0 Å². The van der Waals surface area contributed by atoms with E-state index in [1.54, 1.807) is 6.07 Å². The van der Waals surface area contributed by atoms with Crippen LogP contribution in [0.5, 0.6) is 5.75 Å². The monoisotopic (exact) mass is 287 g/mol. The molecule has 0 heterocycles. The van der Waals surface area contributed by atoms with Gasteiger partial charge in [-0.3, -0.25) is 19.1 Å². The molecule has 1 N–H and O–H groups in total. The molecular weight excluding hydrogens is 274 g/mol. The number of methoxy groups -OCH3 is 1. The number of rotatable bonds is 7. The molecule has 0 aromatic heterocycles. The van der Waals surface area contributed by atoms with Gasteiger partial charge in [0.15, 0.2) is 5.75 Å². The molecule has 104 valence electrons. The molecule has 1 atom stereocenters. The first-order valence-electron chi connectivity index (χ1n) is 5.32. The fourth-order valence-corrected chi connectivity index (χ4v) is 2.53. The van der Waals surface area contributed by atoms with Crippen LogP contribution in [0.3, 0.4) is 0 Å². The minimum Gasteiger partial charge on any atom is -0.490 e. The second kappa shape index (κ2) is 6.83. The van der Waals surface area contributed by atoms with E-state index in [2.05, 4.69) is 0 Å². The lowest BCUT2D eigenvalue weighted by molar-refractivity contribution is -0.385. The highest BCUT2D eigenvalue weighted by Gasteiger charge is 2.16. The molecule has 19 heavy (non-hydrogen) atoms. The van der Waals surface area contributed by atoms with Gasteiger partial charge in [-0.1, -0.05) is 6.07 Å². The lowest BCUT2D eigenvalue weighted by Crippen LogP contribution is -2.06. The Morgan fingerprint density at radius 2 is 2.21 bits per heavy atom. The van der Waals surface area contributed by atoms with Crippen LogP contribution in [0.15, 0.2) is 18.2 Å². The van der Waals surface area contributed by atoms with Crippen LogP contribution in [0.2, 0.25) is 0 Å². The molecule has 1 rings (SSSR count). The summed E-state index contributed by atoms with van der Waals surface area (Å²) in [7, 11) is -0.0395. The Morgan fingerprint density at radius 3 is 2.74 bits per heavy atom. The summed E-state index contributed by atoms with van der Waals surface area (Å²) in [4.78, 5) is 20.6. The molecule has 0 spiro atoms. The molecule has 1 aromatic rings. The number of carboxylic acid groups (broad SMARTS) is 1. The van der Waals surface area contributed by atoms with Crippen LogP contribution in [-0.4, -0.2) is 33.1 Å². The molecular formula is C11H13NO6S. The van der Waals surface area contributed by atoms with Gasteiger partial charge in [0.2, 0.25) is 0 Å². The van der Waals surface area contributed by atoms with Crippen LogP contribution < -0.4 is 4.74 Å². The van der Waals surface area contributed by atoms with Crippen molar-refractivity contribution in [2.45, 2.75) is 12.2 Å². The van der Waals surface area contributed by atoms with Gasteiger partial charge in [0.05, 0.1) is 18.5 Å². The number of hydrogen-bond acceptors (Lipinski definition) is 5. The summed E-state index contributed by atoms with van der Waals surface area (Å²) < 4.78 is 16.4. The number of nitro benzene ring substituents is 1. The second-order valence-corrected chi connectivity index (χ2v) is 5.27. The Hall–Kier alpha value is -1.96. The third-order valence-electron chi connectivity index (χ3n) is 2.31. The van der Waals surface area contributed by atoms with Crippen molar-refractivity contribution in [3.05, 3.63) is 33.9 Å². The predicted octanol–water partition coefficient (Wildman–Crippen LogP) is 1.33. The van der Waals surface area contributed by atoms with Gasteiger partial charge in [0, 0.05) is 28.4 Å². The topological polar surface area (TPSA) is 107 Å². The van der Waals surface area contributed by atoms with Crippen molar-refractivity contribution in [2.75, 3.05) is 12.9 Å². The molecule has 0 saturated carbocycles. The van der Waals surface area contributed by atoms with E-state index in [1.807, 2.05) is 0 Å². The summed E-state index contributed by atoms with van der Waals surface area (Å²) in [6, 6.07) is 4.30. The minimum atomic E-state index is -1.37. The summed E-state index contributed by atoms with van der Waals surface area (Å²) >= 11 is 0. The van der Waals surface area contributed by atoms with Gasteiger partial charge in [0.1, 0.15) is 0 Å². The number of benzene rings is 1. The Labute approximate surface area is 111 Å². The van der Waals surface area contributed by atoms with Crippen LogP contribution in [0.1, 0.15) is 12.0 Å². The molecule has 0 saturated heterocycles. The average Bonchev–Trinajstić information content (AvgIpc) is 2.36. The van der Waals surface area contributed by atoms with E-state index in [-0.39, 0.29) is 29.4 Å². The second-order valence-electron chi connectivity index (χ2n) is 3.70. The maximum absolute atomic E-state index is 11.6. The fraction of sp³-hybridized carbons (Fsp3) is 0.364. The van der Waals surface area contributed by atoms with Crippen molar-refractivity contribution < 1.29 is 23.8 Å². The van der Waals surface area contributed by atoms with Crippen molar-refractivity contribution in [3.63, 3.8) is 0 Å². The molecule has 1 unspecified atom stereocenters. The van der Waals surface area contributed by atoms with Crippen molar-refractivity contribution in [3.8, 4) is 5.75 Å². The highest BCUT2D eigenvalue weighted by atomic mass is 32.2. The van der Waals surface area contributed by atoms with Crippen molar-refractivity contribution >= 4 is 22.5 Å². The number of ether oxygens (including phenoxy) is 1. The molecule has 0 aliphatic carbocycles. The normalized spacial score (nSPS) is 11.8. The number of carbonyl (C=O) groups is 1. The summed E-state index contributed by atoms with van der Waals surface area (Å²) in [5, 5.41) is 19.3. The number of nitro groups is 1. The lowest BCUT2D eigenvalue weighted by atomic mass is 10.2. The van der Waals surface area contributed by atoms with Gasteiger partial charge in [-0.15, -0.1) is 0 Å². The zero-order valence-electron chi connectivity index (χ0n) is 10.2. The molecule has 0 aliphatic rings. The molecule has 0 amide bonds. The third-order valence-corrected chi connectivity index (χ3v) is 3.63. The maximum atomic E-state index is 11.6. The largest absolute Gasteiger partial charge is 0.490 e. The molecule has 0 aliphatic heterocycles. The molecule has 0 fully saturated rings. The first kappa shape index (κ1) is 15.1. The van der Waals surface area contributed by atoms with E-state index in [0.717, 1.165) is 0 Å². The van der Waals surface area contributed by atoms with Crippen LogP contribution in [0, 0.1) is 10.1 Å². The molecule has 7 nitrogen and oxygen atoms in total. The Morgan fingerprint density at radius 1 is 1.53 bits per heavy atom. The first-order valence-corrected chi connectivity index (χ1v) is 6.81. The van der Waals surface area contributed by atoms with Crippen molar-refractivity contribution in [1.82, 2.24) is 0 Å². The maximum Gasteiger partial charge on any atom is 0.311 e. The summed E-state index contributed by atoms with van der Waals surface area (Å²) in [5.41, 5.74) is 0.312. The number of aliphatic carboxylic acids is 1. The van der Waals surface area contributed by atoms with Crippen molar-refractivity contribution in [1.29, 1.82) is 0 Å². The van der Waals surface area contributed by atoms with Gasteiger partial charge in [-0.2, -0.15) is 0 Å². The fourth-order valence-electron chi connectivity index (χ4n) is 1.43. The van der Waals surface area contributed by atoms with Crippen LogP contribution >= 0.6 is 0 Å². The first-order chi connectivity index (χ1) is 8.93. The van der Waals surface area contributed by atoms with E-state index in [9.17, 15) is 19.1 Å². The van der Waals surface area contributed by atoms with E-state index in [0.29, 0.717) is 5.56 Å². The van der Waals surface area contributed by atoms with Gasteiger partial charge < -0.3 is 9.84 Å². The zero-order chi connectivity index (χ0) is 14.4. The van der Waals surface area contributed by atoms with Gasteiger partial charge >= 0.3 is 11.7 Å². The number of hydrogen-bond donors (Lipinski definition) is 1. The Kier molecular flexibility index (Phi) is 5.43. The average molecular weight is 287 g/mol. The highest BCUT2D eigenvalue weighted by molar-refractivity contribution is 7.84. The van der Waals surface area contributed by atoms with E-state index in [1.165, 1.54) is 19.2 Å². The molecule has 8 heteroatoms. The van der Waals surface area contributed by atoms with Crippen LogP contribution in [-0.2, 0) is 21.3 Å². The van der Waals surface area contributed by atoms with E-state index < -0.39 is 21.7 Å². The smallest absolute Gasteiger partial charge is 0.311 e. The molecule has 0 radical (unpaired) electrons. The highest BCUT2D eigenvalue weighted by Crippen LogP contribution is 2.27. The predicted molar refractivity (Wildman–Crippen MR) is 68.6 cm³/mol. The number of carboxylic acids is 1. The quantitative estimate of drug-likeness (QED) is 0.598. The van der Waals surface area contributed by atoms with Gasteiger partial charge in [-0.05, 0) is 11.6 Å². The van der Waals surface area contributed by atoms with Gasteiger partial charge in [-0.25, -0.2) is 0 Å². The summed E-state index contributed by atoms with van der Waals surface area (Å²) in [5.74, 6) is -0.785. The third kappa shape index (κ3) is 4.66. The van der Waals surface area contributed by atoms with Crippen molar-refractivity contribution in [2.24, 2.45) is 0 Å². The summed E-state index contributed by atoms with van der Waals surface area (Å²) in [6.45, 7) is 0. The van der Waals surface area contributed by atoms with E-state index >= 15 is 0 Å². The Bertz CT molecular complexity index is 516. The molecule has 1 aromatic carbocycles. The standard InChI is InChI=1S/C11H13NO6S/c1-18-10-3-2-8(6-9(10)12(15)16)7-19(17)5-4-11(13)14/h2-3,6H,4-5,7H2,1H3,(H,13,14). The summed E-state index contributed by atoms with van der Waals surface area (Å²) in [6.07, 6.45) is -0.190. The molecule has 0 bridgehead atoms. The zero-order valence-corrected chi connectivity index (χ0v) is 11.0.